The van der Waals surface area contributed by atoms with Gasteiger partial charge in [0.2, 0.25) is 5.91 Å². The Morgan fingerprint density at radius 1 is 1.00 bits per heavy atom. The number of carbonyl (C=O) groups is 1. The number of carbonyl (C=O) groups excluding carboxylic acids is 1. The summed E-state index contributed by atoms with van der Waals surface area (Å²) in [7, 11) is 0. The second-order valence-electron chi connectivity index (χ2n) is 7.91. The van der Waals surface area contributed by atoms with E-state index in [1.807, 2.05) is 0 Å². The molecule has 3 aliphatic rings. The van der Waals surface area contributed by atoms with Crippen LogP contribution in [0.4, 0.5) is 4.39 Å². The van der Waals surface area contributed by atoms with Crippen LogP contribution in [0.15, 0.2) is 24.3 Å². The molecule has 4 rings (SSSR count). The molecule has 2 heterocycles. The molecule has 1 aromatic carbocycles. The summed E-state index contributed by atoms with van der Waals surface area (Å²) >= 11 is 0. The number of aliphatic hydroxyl groups is 1. The van der Waals surface area contributed by atoms with E-state index < -0.39 is 5.60 Å². The zero-order valence-corrected chi connectivity index (χ0v) is 14.1. The van der Waals surface area contributed by atoms with Gasteiger partial charge in [0.15, 0.2) is 0 Å². The van der Waals surface area contributed by atoms with E-state index >= 15 is 0 Å². The van der Waals surface area contributed by atoms with Crippen molar-refractivity contribution in [3.05, 3.63) is 35.6 Å². The molecule has 2 bridgehead atoms. The lowest BCUT2D eigenvalue weighted by Gasteiger charge is -2.45. The summed E-state index contributed by atoms with van der Waals surface area (Å²) in [6.07, 6.45) is 8.74. The first-order chi connectivity index (χ1) is 11.6. The minimum absolute atomic E-state index is 0.133. The van der Waals surface area contributed by atoms with Crippen LogP contribution in [0.2, 0.25) is 0 Å². The number of nitrogens with zero attached hydrogens (tertiary/aromatic N) is 1. The van der Waals surface area contributed by atoms with Crippen LogP contribution in [-0.4, -0.2) is 28.0 Å². The van der Waals surface area contributed by atoms with Crippen LogP contribution in [0.3, 0.4) is 0 Å². The van der Waals surface area contributed by atoms with Gasteiger partial charge in [-0.15, -0.1) is 0 Å². The molecule has 3 fully saturated rings. The number of hydrogen-bond acceptors (Lipinski definition) is 2. The number of fused-ring (bicyclic) bond motifs is 2. The molecule has 2 saturated heterocycles. The zero-order valence-electron chi connectivity index (χ0n) is 14.1. The van der Waals surface area contributed by atoms with Crippen molar-refractivity contribution in [2.45, 2.75) is 75.5 Å². The number of hydrogen-bond donors (Lipinski definition) is 1. The fourth-order valence-electron chi connectivity index (χ4n) is 5.14. The predicted octanol–water partition coefficient (Wildman–Crippen LogP) is 3.75. The van der Waals surface area contributed by atoms with E-state index in [4.69, 9.17) is 0 Å². The lowest BCUT2D eigenvalue weighted by molar-refractivity contribution is -0.147. The Bertz CT molecular complexity index is 595. The van der Waals surface area contributed by atoms with E-state index in [1.165, 1.54) is 31.4 Å². The van der Waals surface area contributed by atoms with Crippen molar-refractivity contribution in [1.29, 1.82) is 0 Å². The Morgan fingerprint density at radius 3 is 2.17 bits per heavy atom. The zero-order chi connectivity index (χ0) is 16.7. The van der Waals surface area contributed by atoms with Crippen molar-refractivity contribution < 1.29 is 14.3 Å². The highest BCUT2D eigenvalue weighted by molar-refractivity contribution is 5.80. The lowest BCUT2D eigenvalue weighted by atomic mass is 9.79. The van der Waals surface area contributed by atoms with E-state index in [2.05, 4.69) is 4.90 Å². The van der Waals surface area contributed by atoms with Crippen molar-refractivity contribution in [1.82, 2.24) is 4.90 Å². The van der Waals surface area contributed by atoms with E-state index in [0.29, 0.717) is 18.7 Å². The van der Waals surface area contributed by atoms with Crippen molar-refractivity contribution >= 4 is 5.91 Å². The largest absolute Gasteiger partial charge is 0.385 e. The molecule has 1 aliphatic carbocycles. The van der Waals surface area contributed by atoms with Gasteiger partial charge in [0.25, 0.3) is 0 Å². The maximum atomic E-state index is 13.2. The van der Waals surface area contributed by atoms with Crippen LogP contribution in [0.5, 0.6) is 0 Å². The number of rotatable bonds is 2. The molecule has 130 valence electrons. The summed E-state index contributed by atoms with van der Waals surface area (Å²) in [6.45, 7) is 0. The van der Waals surface area contributed by atoms with Crippen LogP contribution in [0.1, 0.15) is 63.4 Å². The van der Waals surface area contributed by atoms with Gasteiger partial charge in [0.05, 0.1) is 5.60 Å². The van der Waals surface area contributed by atoms with Crippen LogP contribution in [0, 0.1) is 11.7 Å². The summed E-state index contributed by atoms with van der Waals surface area (Å²) < 4.78 is 13.2. The molecule has 2 unspecified atom stereocenters. The van der Waals surface area contributed by atoms with Crippen LogP contribution < -0.4 is 0 Å². The average molecular weight is 331 g/mol. The summed E-state index contributed by atoms with van der Waals surface area (Å²) in [4.78, 5) is 15.1. The molecule has 2 atom stereocenters. The summed E-state index contributed by atoms with van der Waals surface area (Å²) in [5, 5.41) is 11.2. The highest BCUT2D eigenvalue weighted by atomic mass is 19.1. The monoisotopic (exact) mass is 331 g/mol. The minimum Gasteiger partial charge on any atom is -0.385 e. The molecule has 1 saturated carbocycles. The van der Waals surface area contributed by atoms with Crippen molar-refractivity contribution in [3.8, 4) is 0 Å². The Balaban J connectivity index is 1.52. The lowest BCUT2D eigenvalue weighted by Crippen LogP contribution is -2.53. The molecule has 0 spiro atoms. The van der Waals surface area contributed by atoms with Gasteiger partial charge in [-0.25, -0.2) is 4.39 Å². The molecule has 3 nitrogen and oxygen atoms in total. The topological polar surface area (TPSA) is 40.5 Å². The first kappa shape index (κ1) is 16.1. The maximum Gasteiger partial charge on any atom is 0.226 e. The molecule has 0 aromatic heterocycles. The maximum absolute atomic E-state index is 13.2. The Kier molecular flexibility index (Phi) is 4.11. The Labute approximate surface area is 142 Å². The highest BCUT2D eigenvalue weighted by Crippen LogP contribution is 2.46. The standard InChI is InChI=1S/C20H26FNO2/c21-16-8-6-15(7-9-16)20(24)12-17-10-11-18(13-20)22(17)19(23)14-4-2-1-3-5-14/h6-9,14,17-18,24H,1-5,10-13H2. The minimum atomic E-state index is -0.928. The highest BCUT2D eigenvalue weighted by Gasteiger charge is 2.50. The Hall–Kier alpha value is -1.42. The third-order valence-corrected chi connectivity index (χ3v) is 6.36. The number of benzene rings is 1. The number of halogens is 1. The first-order valence-electron chi connectivity index (χ1n) is 9.37. The van der Waals surface area contributed by atoms with Crippen molar-refractivity contribution in [2.75, 3.05) is 0 Å². The van der Waals surface area contributed by atoms with Crippen LogP contribution in [0.25, 0.3) is 0 Å². The van der Waals surface area contributed by atoms with Gasteiger partial charge in [-0.05, 0) is 43.4 Å². The quantitative estimate of drug-likeness (QED) is 0.897. The second-order valence-corrected chi connectivity index (χ2v) is 7.91. The molecular weight excluding hydrogens is 305 g/mol. The van der Waals surface area contributed by atoms with Crippen LogP contribution in [-0.2, 0) is 10.4 Å². The third kappa shape index (κ3) is 2.75. The Morgan fingerprint density at radius 2 is 1.58 bits per heavy atom. The summed E-state index contributed by atoms with van der Waals surface area (Å²) in [5.74, 6) is 0.234. The summed E-state index contributed by atoms with van der Waals surface area (Å²) in [6, 6.07) is 6.46. The van der Waals surface area contributed by atoms with Crippen molar-refractivity contribution in [3.63, 3.8) is 0 Å². The molecule has 1 N–H and O–H groups in total. The molecule has 4 heteroatoms. The van der Waals surface area contributed by atoms with E-state index in [9.17, 15) is 14.3 Å². The SMILES string of the molecule is O=C(C1CCCCC1)N1C2CCC1CC(O)(c1ccc(F)cc1)C2. The van der Waals surface area contributed by atoms with Crippen molar-refractivity contribution in [2.24, 2.45) is 5.92 Å². The van der Waals surface area contributed by atoms with Gasteiger partial charge in [0, 0.05) is 30.8 Å². The second kappa shape index (κ2) is 6.14. The van der Waals surface area contributed by atoms with E-state index in [0.717, 1.165) is 31.2 Å². The molecular formula is C20H26FNO2. The van der Waals surface area contributed by atoms with Gasteiger partial charge >= 0.3 is 0 Å². The number of piperidine rings is 1. The summed E-state index contributed by atoms with van der Waals surface area (Å²) in [5.41, 5.74) is -0.145. The van der Waals surface area contributed by atoms with E-state index in [1.54, 1.807) is 12.1 Å². The fourth-order valence-corrected chi connectivity index (χ4v) is 5.14. The number of amides is 1. The molecule has 0 radical (unpaired) electrons. The molecule has 2 aliphatic heterocycles. The van der Waals surface area contributed by atoms with E-state index in [-0.39, 0.29) is 23.8 Å². The normalized spacial score (nSPS) is 33.7. The van der Waals surface area contributed by atoms with Gasteiger partial charge < -0.3 is 10.0 Å². The van der Waals surface area contributed by atoms with Gasteiger partial charge in [0.1, 0.15) is 5.82 Å². The molecule has 1 aromatic rings. The average Bonchev–Trinajstić information content (AvgIpc) is 2.87. The van der Waals surface area contributed by atoms with Gasteiger partial charge in [-0.1, -0.05) is 31.4 Å². The first-order valence-corrected chi connectivity index (χ1v) is 9.37. The molecule has 24 heavy (non-hydrogen) atoms. The smallest absolute Gasteiger partial charge is 0.226 e. The van der Waals surface area contributed by atoms with Gasteiger partial charge in [-0.3, -0.25) is 4.79 Å². The fraction of sp³-hybridized carbons (Fsp3) is 0.650. The third-order valence-electron chi connectivity index (χ3n) is 6.36. The molecule has 1 amide bonds. The van der Waals surface area contributed by atoms with Gasteiger partial charge in [-0.2, -0.15) is 0 Å². The van der Waals surface area contributed by atoms with Crippen LogP contribution >= 0.6 is 0 Å². The predicted molar refractivity (Wildman–Crippen MR) is 89.8 cm³/mol.